The van der Waals surface area contributed by atoms with Crippen molar-refractivity contribution in [1.82, 2.24) is 0 Å². The van der Waals surface area contributed by atoms with Crippen molar-refractivity contribution in [3.8, 4) is 0 Å². The van der Waals surface area contributed by atoms with Crippen LogP contribution in [0.4, 0.5) is 0 Å². The molecule has 1 atom stereocenters. The van der Waals surface area contributed by atoms with Gasteiger partial charge in [-0.05, 0) is 12.8 Å². The van der Waals surface area contributed by atoms with Crippen molar-refractivity contribution in [1.29, 1.82) is 0 Å². The van der Waals surface area contributed by atoms with E-state index in [0.29, 0.717) is 5.92 Å². The van der Waals surface area contributed by atoms with Gasteiger partial charge in [0.25, 0.3) is 0 Å². The lowest BCUT2D eigenvalue weighted by Gasteiger charge is -2.25. The third-order valence-electron chi connectivity index (χ3n) is 2.09. The molecule has 0 aromatic heterocycles. The molecule has 1 nitrogen and oxygen atoms in total. The molecule has 1 heteroatoms. The Labute approximate surface area is 56.7 Å². The molecular formula is C8H14O. The molecule has 0 saturated heterocycles. The molecule has 0 radical (unpaired) electrons. The minimum atomic E-state index is 0.0139. The second kappa shape index (κ2) is 2.14. The van der Waals surface area contributed by atoms with Crippen molar-refractivity contribution < 1.29 is 4.74 Å². The average molecular weight is 126 g/mol. The first-order chi connectivity index (χ1) is 4.15. The van der Waals surface area contributed by atoms with Crippen LogP contribution in [-0.4, -0.2) is 12.2 Å². The molecule has 0 saturated carbocycles. The van der Waals surface area contributed by atoms with Crippen molar-refractivity contribution in [2.45, 2.75) is 26.4 Å². The van der Waals surface area contributed by atoms with Crippen LogP contribution in [0.25, 0.3) is 0 Å². The van der Waals surface area contributed by atoms with Gasteiger partial charge >= 0.3 is 0 Å². The van der Waals surface area contributed by atoms with Crippen LogP contribution in [0.1, 0.15) is 20.8 Å². The molecule has 0 N–H and O–H groups in total. The minimum absolute atomic E-state index is 0.0139. The van der Waals surface area contributed by atoms with Crippen LogP contribution < -0.4 is 0 Å². The summed E-state index contributed by atoms with van der Waals surface area (Å²) in [4.78, 5) is 0. The quantitative estimate of drug-likeness (QED) is 0.488. The number of ether oxygens (including phenoxy) is 1. The van der Waals surface area contributed by atoms with Gasteiger partial charge in [-0.2, -0.15) is 0 Å². The van der Waals surface area contributed by atoms with Crippen LogP contribution in [0.15, 0.2) is 12.2 Å². The van der Waals surface area contributed by atoms with Gasteiger partial charge in [0.2, 0.25) is 0 Å². The van der Waals surface area contributed by atoms with E-state index in [1.807, 2.05) is 0 Å². The van der Waals surface area contributed by atoms with Gasteiger partial charge in [0.1, 0.15) is 0 Å². The summed E-state index contributed by atoms with van der Waals surface area (Å²) >= 11 is 0. The Balaban J connectivity index is 2.62. The van der Waals surface area contributed by atoms with E-state index in [1.165, 1.54) is 0 Å². The average Bonchev–Trinajstić information content (AvgIpc) is 2.16. The molecule has 1 heterocycles. The predicted octanol–water partition coefficient (Wildman–Crippen LogP) is 1.99. The summed E-state index contributed by atoms with van der Waals surface area (Å²) in [6.45, 7) is 7.27. The summed E-state index contributed by atoms with van der Waals surface area (Å²) in [6, 6.07) is 0. The highest BCUT2D eigenvalue weighted by Crippen LogP contribution is 2.26. The zero-order valence-corrected chi connectivity index (χ0v) is 6.35. The minimum Gasteiger partial charge on any atom is -0.367 e. The van der Waals surface area contributed by atoms with Crippen LogP contribution in [0.2, 0.25) is 0 Å². The van der Waals surface area contributed by atoms with Crippen molar-refractivity contribution >= 4 is 0 Å². The largest absolute Gasteiger partial charge is 0.367 e. The Morgan fingerprint density at radius 2 is 2.22 bits per heavy atom. The standard InChI is InChI=1S/C8H14O/c1-7(2)8(3)5-4-6-9-8/h4-5,7H,6H2,1-3H3/t8-/m1/s1. The highest BCUT2D eigenvalue weighted by molar-refractivity contribution is 5.06. The molecule has 0 unspecified atom stereocenters. The van der Waals surface area contributed by atoms with Crippen molar-refractivity contribution in [3.63, 3.8) is 0 Å². The normalized spacial score (nSPS) is 34.2. The molecule has 0 aliphatic carbocycles. The molecule has 0 aromatic rings. The van der Waals surface area contributed by atoms with E-state index in [4.69, 9.17) is 4.74 Å². The Kier molecular flexibility index (Phi) is 1.62. The SMILES string of the molecule is CC(C)[C@@]1(C)C=CCO1. The van der Waals surface area contributed by atoms with Crippen molar-refractivity contribution in [3.05, 3.63) is 12.2 Å². The summed E-state index contributed by atoms with van der Waals surface area (Å²) in [5, 5.41) is 0. The zero-order chi connectivity index (χ0) is 6.91. The third-order valence-corrected chi connectivity index (χ3v) is 2.09. The first-order valence-electron chi connectivity index (χ1n) is 3.47. The van der Waals surface area contributed by atoms with Gasteiger partial charge in [-0.1, -0.05) is 26.0 Å². The lowest BCUT2D eigenvalue weighted by atomic mass is 9.93. The van der Waals surface area contributed by atoms with E-state index >= 15 is 0 Å². The number of hydrogen-bond donors (Lipinski definition) is 0. The fourth-order valence-electron chi connectivity index (χ4n) is 0.917. The van der Waals surface area contributed by atoms with Gasteiger partial charge in [-0.25, -0.2) is 0 Å². The van der Waals surface area contributed by atoms with Gasteiger partial charge in [-0.15, -0.1) is 0 Å². The molecule has 0 amide bonds. The van der Waals surface area contributed by atoms with E-state index in [0.717, 1.165) is 6.61 Å². The first-order valence-corrected chi connectivity index (χ1v) is 3.47. The summed E-state index contributed by atoms with van der Waals surface area (Å²) in [5.74, 6) is 0.580. The molecule has 9 heavy (non-hydrogen) atoms. The Morgan fingerprint density at radius 1 is 1.56 bits per heavy atom. The maximum Gasteiger partial charge on any atom is 0.0862 e. The van der Waals surface area contributed by atoms with E-state index in [9.17, 15) is 0 Å². The fourth-order valence-corrected chi connectivity index (χ4v) is 0.917. The Bertz CT molecular complexity index is 127. The summed E-state index contributed by atoms with van der Waals surface area (Å²) in [5.41, 5.74) is 0.0139. The van der Waals surface area contributed by atoms with E-state index < -0.39 is 0 Å². The molecule has 0 fully saturated rings. The van der Waals surface area contributed by atoms with Gasteiger partial charge in [-0.3, -0.25) is 0 Å². The summed E-state index contributed by atoms with van der Waals surface area (Å²) in [6.07, 6.45) is 4.23. The molecule has 0 spiro atoms. The van der Waals surface area contributed by atoms with Crippen LogP contribution in [0.3, 0.4) is 0 Å². The summed E-state index contributed by atoms with van der Waals surface area (Å²) in [7, 11) is 0. The second-order valence-corrected chi connectivity index (χ2v) is 3.05. The van der Waals surface area contributed by atoms with Crippen molar-refractivity contribution in [2.24, 2.45) is 5.92 Å². The first kappa shape index (κ1) is 6.81. The van der Waals surface area contributed by atoms with Gasteiger partial charge in [0, 0.05) is 0 Å². The molecule has 1 aliphatic heterocycles. The molecule has 0 aromatic carbocycles. The van der Waals surface area contributed by atoms with Crippen LogP contribution >= 0.6 is 0 Å². The van der Waals surface area contributed by atoms with E-state index in [1.54, 1.807) is 0 Å². The van der Waals surface area contributed by atoms with Crippen LogP contribution in [-0.2, 0) is 4.74 Å². The Morgan fingerprint density at radius 3 is 2.44 bits per heavy atom. The van der Waals surface area contributed by atoms with Crippen LogP contribution in [0, 0.1) is 5.92 Å². The molecule has 0 bridgehead atoms. The van der Waals surface area contributed by atoms with Crippen LogP contribution in [0.5, 0.6) is 0 Å². The van der Waals surface area contributed by atoms with E-state index in [-0.39, 0.29) is 5.60 Å². The lowest BCUT2D eigenvalue weighted by molar-refractivity contribution is 0.00512. The Hall–Kier alpha value is -0.300. The maximum absolute atomic E-state index is 5.49. The topological polar surface area (TPSA) is 9.23 Å². The van der Waals surface area contributed by atoms with Gasteiger partial charge < -0.3 is 4.74 Å². The van der Waals surface area contributed by atoms with E-state index in [2.05, 4.69) is 32.9 Å². The molecule has 1 rings (SSSR count). The fraction of sp³-hybridized carbons (Fsp3) is 0.750. The number of hydrogen-bond acceptors (Lipinski definition) is 1. The third kappa shape index (κ3) is 1.16. The summed E-state index contributed by atoms with van der Waals surface area (Å²) < 4.78 is 5.49. The molecular weight excluding hydrogens is 112 g/mol. The van der Waals surface area contributed by atoms with Crippen molar-refractivity contribution in [2.75, 3.05) is 6.61 Å². The van der Waals surface area contributed by atoms with Gasteiger partial charge in [0.05, 0.1) is 12.2 Å². The smallest absolute Gasteiger partial charge is 0.0862 e. The molecule has 1 aliphatic rings. The zero-order valence-electron chi connectivity index (χ0n) is 6.35. The highest BCUT2D eigenvalue weighted by atomic mass is 16.5. The maximum atomic E-state index is 5.49. The number of rotatable bonds is 1. The monoisotopic (exact) mass is 126 g/mol. The highest BCUT2D eigenvalue weighted by Gasteiger charge is 2.28. The predicted molar refractivity (Wildman–Crippen MR) is 38.3 cm³/mol. The second-order valence-electron chi connectivity index (χ2n) is 3.05. The molecule has 52 valence electrons. The van der Waals surface area contributed by atoms with Gasteiger partial charge in [0.15, 0.2) is 0 Å². The lowest BCUT2D eigenvalue weighted by Crippen LogP contribution is -2.28.